The molecule has 3 aromatic rings. The van der Waals surface area contributed by atoms with Crippen LogP contribution in [0.3, 0.4) is 0 Å². The van der Waals surface area contributed by atoms with E-state index in [4.69, 9.17) is 0 Å². The summed E-state index contributed by atoms with van der Waals surface area (Å²) in [5.41, 5.74) is 0. The van der Waals surface area contributed by atoms with Crippen molar-refractivity contribution in [3.63, 3.8) is 0 Å². The molecule has 0 bridgehead atoms. The molecule has 0 fully saturated rings. The van der Waals surface area contributed by atoms with Crippen molar-refractivity contribution in [2.45, 2.75) is 6.42 Å². The van der Waals surface area contributed by atoms with Crippen LogP contribution in [0.15, 0.2) is 28.7 Å². The van der Waals surface area contributed by atoms with Gasteiger partial charge in [-0.05, 0) is 11.4 Å². The van der Waals surface area contributed by atoms with Gasteiger partial charge in [-0.1, -0.05) is 5.16 Å². The second-order valence-electron chi connectivity index (χ2n) is 3.39. The third-order valence-corrected chi connectivity index (χ3v) is 3.13. The minimum atomic E-state index is 0.688. The van der Waals surface area contributed by atoms with E-state index < -0.39 is 0 Å². The lowest BCUT2D eigenvalue weighted by Crippen LogP contribution is -2.07. The predicted octanol–water partition coefficient (Wildman–Crippen LogP) is 1.73. The highest BCUT2D eigenvalue weighted by Gasteiger charge is 2.04. The minimum absolute atomic E-state index is 0.688. The van der Waals surface area contributed by atoms with Crippen molar-refractivity contribution in [2.24, 2.45) is 0 Å². The molecule has 3 aromatic heterocycles. The largest absolute Gasteiger partial charge is 0.369 e. The lowest BCUT2D eigenvalue weighted by molar-refractivity contribution is 0.410. The average molecular weight is 247 g/mol. The number of hydrogen-bond acceptors (Lipinski definition) is 7. The number of thiophene rings is 1. The maximum absolute atomic E-state index is 4.66. The molecule has 0 amide bonds. The van der Waals surface area contributed by atoms with Crippen LogP contribution in [-0.4, -0.2) is 26.7 Å². The van der Waals surface area contributed by atoms with E-state index in [1.165, 1.54) is 6.39 Å². The lowest BCUT2D eigenvalue weighted by atomic mass is 10.3. The van der Waals surface area contributed by atoms with Gasteiger partial charge in [-0.25, -0.2) is 9.97 Å². The summed E-state index contributed by atoms with van der Waals surface area (Å²) >= 11 is 1.60. The Morgan fingerprint density at radius 1 is 1.29 bits per heavy atom. The monoisotopic (exact) mass is 247 g/mol. The van der Waals surface area contributed by atoms with Gasteiger partial charge in [0.05, 0.1) is 5.39 Å². The van der Waals surface area contributed by atoms with Crippen LogP contribution in [0, 0.1) is 0 Å². The quantitative estimate of drug-likeness (QED) is 0.756. The highest BCUT2D eigenvalue weighted by molar-refractivity contribution is 7.16. The van der Waals surface area contributed by atoms with E-state index in [-0.39, 0.29) is 0 Å². The van der Waals surface area contributed by atoms with Crippen molar-refractivity contribution < 1.29 is 4.52 Å². The van der Waals surface area contributed by atoms with E-state index in [9.17, 15) is 0 Å². The molecule has 86 valence electrons. The molecule has 0 saturated carbocycles. The first kappa shape index (κ1) is 10.2. The van der Waals surface area contributed by atoms with Crippen LogP contribution in [0.2, 0.25) is 0 Å². The smallest absolute Gasteiger partial charge is 0.213 e. The Labute approximate surface area is 101 Å². The van der Waals surface area contributed by atoms with Crippen LogP contribution in [0.25, 0.3) is 10.2 Å². The summed E-state index contributed by atoms with van der Waals surface area (Å²) in [7, 11) is 0. The topological polar surface area (TPSA) is 76.7 Å². The molecule has 0 saturated heterocycles. The summed E-state index contributed by atoms with van der Waals surface area (Å²) in [5, 5.41) is 10.0. The molecule has 1 N–H and O–H groups in total. The van der Waals surface area contributed by atoms with Gasteiger partial charge < -0.3 is 9.84 Å². The van der Waals surface area contributed by atoms with Gasteiger partial charge in [-0.3, -0.25) is 0 Å². The number of anilines is 1. The van der Waals surface area contributed by atoms with Crippen LogP contribution in [0.5, 0.6) is 0 Å². The zero-order chi connectivity index (χ0) is 11.5. The van der Waals surface area contributed by atoms with Crippen LogP contribution >= 0.6 is 11.3 Å². The fraction of sp³-hybridized carbons (Fsp3) is 0.200. The number of nitrogens with zero attached hydrogens (tertiary/aromatic N) is 4. The van der Waals surface area contributed by atoms with Crippen molar-refractivity contribution in [1.29, 1.82) is 0 Å². The van der Waals surface area contributed by atoms with E-state index in [1.54, 1.807) is 17.7 Å². The van der Waals surface area contributed by atoms with E-state index in [0.717, 1.165) is 16.0 Å². The molecule has 0 unspecified atom stereocenters. The molecule has 7 heteroatoms. The summed E-state index contributed by atoms with van der Waals surface area (Å²) in [6, 6.07) is 2.01. The molecule has 3 rings (SSSR count). The Hall–Kier alpha value is -2.02. The number of fused-ring (bicyclic) bond motifs is 1. The van der Waals surface area contributed by atoms with Crippen molar-refractivity contribution >= 4 is 27.4 Å². The Balaban J connectivity index is 1.70. The third-order valence-electron chi connectivity index (χ3n) is 2.31. The minimum Gasteiger partial charge on any atom is -0.369 e. The normalized spacial score (nSPS) is 10.8. The highest BCUT2D eigenvalue weighted by Crippen LogP contribution is 2.23. The maximum atomic E-state index is 4.66. The standard InChI is InChI=1S/C10H9N5OS/c1(8-14-6-16-15-8)3-11-9-7-2-4-17-10(7)13-5-12-9/h2,4-6H,1,3H2,(H,11,12,13). The first-order chi connectivity index (χ1) is 8.43. The van der Waals surface area contributed by atoms with Crippen molar-refractivity contribution in [3.8, 4) is 0 Å². The van der Waals surface area contributed by atoms with Gasteiger partial charge in [-0.15, -0.1) is 11.3 Å². The molecule has 0 aliphatic carbocycles. The number of aromatic nitrogens is 4. The van der Waals surface area contributed by atoms with Gasteiger partial charge in [-0.2, -0.15) is 4.98 Å². The van der Waals surface area contributed by atoms with Crippen LogP contribution in [-0.2, 0) is 6.42 Å². The van der Waals surface area contributed by atoms with Gasteiger partial charge in [0.25, 0.3) is 0 Å². The summed E-state index contributed by atoms with van der Waals surface area (Å²) in [6.45, 7) is 0.710. The number of hydrogen-bond donors (Lipinski definition) is 1. The van der Waals surface area contributed by atoms with E-state index >= 15 is 0 Å². The second-order valence-corrected chi connectivity index (χ2v) is 4.28. The van der Waals surface area contributed by atoms with Crippen molar-refractivity contribution in [1.82, 2.24) is 20.1 Å². The molecule has 6 nitrogen and oxygen atoms in total. The van der Waals surface area contributed by atoms with E-state index in [0.29, 0.717) is 18.8 Å². The van der Waals surface area contributed by atoms with Crippen LogP contribution in [0.4, 0.5) is 5.82 Å². The molecule has 3 heterocycles. The fourth-order valence-electron chi connectivity index (χ4n) is 1.53. The zero-order valence-electron chi connectivity index (χ0n) is 8.83. The summed E-state index contributed by atoms with van der Waals surface area (Å²) in [4.78, 5) is 13.3. The van der Waals surface area contributed by atoms with E-state index in [1.807, 2.05) is 11.4 Å². The number of nitrogens with one attached hydrogen (secondary N) is 1. The van der Waals surface area contributed by atoms with Crippen LogP contribution < -0.4 is 5.32 Å². The molecule has 0 radical (unpaired) electrons. The van der Waals surface area contributed by atoms with Gasteiger partial charge >= 0.3 is 0 Å². The summed E-state index contributed by atoms with van der Waals surface area (Å²) in [5.74, 6) is 1.54. The SMILES string of the molecule is c1nc(NCCc2ncon2)c2ccsc2n1. The first-order valence-corrected chi connectivity index (χ1v) is 5.99. The van der Waals surface area contributed by atoms with Gasteiger partial charge in [0.1, 0.15) is 17.0 Å². The van der Waals surface area contributed by atoms with Gasteiger partial charge in [0, 0.05) is 13.0 Å². The third kappa shape index (κ3) is 2.09. The molecule has 0 spiro atoms. The fourth-order valence-corrected chi connectivity index (χ4v) is 2.26. The maximum Gasteiger partial charge on any atom is 0.213 e. The number of rotatable bonds is 4. The average Bonchev–Trinajstić information content (AvgIpc) is 2.99. The molecule has 0 aromatic carbocycles. The Morgan fingerprint density at radius 2 is 2.29 bits per heavy atom. The second kappa shape index (κ2) is 4.46. The molecule has 0 atom stereocenters. The predicted molar refractivity (Wildman–Crippen MR) is 63.9 cm³/mol. The van der Waals surface area contributed by atoms with Crippen LogP contribution in [0.1, 0.15) is 5.82 Å². The Morgan fingerprint density at radius 3 is 3.18 bits per heavy atom. The van der Waals surface area contributed by atoms with E-state index in [2.05, 4.69) is 29.9 Å². The highest BCUT2D eigenvalue weighted by atomic mass is 32.1. The zero-order valence-corrected chi connectivity index (χ0v) is 9.65. The lowest BCUT2D eigenvalue weighted by Gasteiger charge is -2.04. The first-order valence-electron chi connectivity index (χ1n) is 5.11. The molecule has 17 heavy (non-hydrogen) atoms. The molecular formula is C10H9N5OS. The molecular weight excluding hydrogens is 238 g/mol. The van der Waals surface area contributed by atoms with Gasteiger partial charge in [0.15, 0.2) is 5.82 Å². The van der Waals surface area contributed by atoms with Crippen molar-refractivity contribution in [3.05, 3.63) is 30.0 Å². The molecule has 0 aliphatic rings. The van der Waals surface area contributed by atoms with Crippen molar-refractivity contribution in [2.75, 3.05) is 11.9 Å². The van der Waals surface area contributed by atoms with Gasteiger partial charge in [0.2, 0.25) is 6.39 Å². The summed E-state index contributed by atoms with van der Waals surface area (Å²) < 4.78 is 4.66. The molecule has 0 aliphatic heterocycles. The summed E-state index contributed by atoms with van der Waals surface area (Å²) in [6.07, 6.45) is 3.60. The Kier molecular flexibility index (Phi) is 2.66. The Bertz CT molecular complexity index is 606.